The molecule has 10 heavy (non-hydrogen) atoms. The molecule has 0 atom stereocenters. The standard InChI is InChI=1S/C7H11N3/c1-2-3-4-7-5-9-10-6-8-7/h5-6H,2-4H2,1H3. The molecule has 0 radical (unpaired) electrons. The lowest BCUT2D eigenvalue weighted by Gasteiger charge is -1.93. The van der Waals surface area contributed by atoms with E-state index in [1.165, 1.54) is 19.2 Å². The average molecular weight is 137 g/mol. The first-order chi connectivity index (χ1) is 4.93. The molecule has 0 N–H and O–H groups in total. The Morgan fingerprint density at radius 2 is 2.30 bits per heavy atom. The van der Waals surface area contributed by atoms with Crippen LogP contribution < -0.4 is 0 Å². The Kier molecular flexibility index (Phi) is 2.80. The van der Waals surface area contributed by atoms with Crippen LogP contribution in [0.5, 0.6) is 0 Å². The van der Waals surface area contributed by atoms with Gasteiger partial charge in [-0.15, -0.1) is 5.10 Å². The van der Waals surface area contributed by atoms with E-state index in [-0.39, 0.29) is 0 Å². The summed E-state index contributed by atoms with van der Waals surface area (Å²) >= 11 is 0. The Bertz CT molecular complexity index is 173. The molecular weight excluding hydrogens is 126 g/mol. The zero-order chi connectivity index (χ0) is 7.23. The molecule has 1 heterocycles. The predicted octanol–water partition coefficient (Wildman–Crippen LogP) is 1.21. The van der Waals surface area contributed by atoms with Crippen LogP contribution >= 0.6 is 0 Å². The maximum Gasteiger partial charge on any atom is 0.138 e. The normalized spacial score (nSPS) is 9.70. The van der Waals surface area contributed by atoms with E-state index in [0.717, 1.165) is 12.1 Å². The van der Waals surface area contributed by atoms with E-state index in [0.29, 0.717) is 0 Å². The van der Waals surface area contributed by atoms with E-state index in [9.17, 15) is 0 Å². The summed E-state index contributed by atoms with van der Waals surface area (Å²) in [7, 11) is 0. The molecule has 0 aliphatic heterocycles. The highest BCUT2D eigenvalue weighted by molar-refractivity contribution is 4.90. The number of unbranched alkanes of at least 4 members (excludes halogenated alkanes) is 1. The average Bonchev–Trinajstić information content (AvgIpc) is 2.03. The van der Waals surface area contributed by atoms with E-state index in [2.05, 4.69) is 22.1 Å². The van der Waals surface area contributed by atoms with Crippen LogP contribution in [0.3, 0.4) is 0 Å². The molecule has 1 rings (SSSR count). The van der Waals surface area contributed by atoms with Gasteiger partial charge >= 0.3 is 0 Å². The fourth-order valence-corrected chi connectivity index (χ4v) is 0.750. The molecule has 0 aliphatic carbocycles. The molecule has 1 aromatic rings. The predicted molar refractivity (Wildman–Crippen MR) is 38.4 cm³/mol. The fraction of sp³-hybridized carbons (Fsp3) is 0.571. The summed E-state index contributed by atoms with van der Waals surface area (Å²) in [4.78, 5) is 4.04. The topological polar surface area (TPSA) is 38.7 Å². The molecule has 0 saturated carbocycles. The van der Waals surface area contributed by atoms with Crippen molar-refractivity contribution in [2.45, 2.75) is 26.2 Å². The smallest absolute Gasteiger partial charge is 0.138 e. The van der Waals surface area contributed by atoms with Crippen LogP contribution in [-0.2, 0) is 6.42 Å². The monoisotopic (exact) mass is 137 g/mol. The van der Waals surface area contributed by atoms with Crippen molar-refractivity contribution in [2.24, 2.45) is 0 Å². The number of rotatable bonds is 3. The molecule has 3 nitrogen and oxygen atoms in total. The Morgan fingerprint density at radius 1 is 1.40 bits per heavy atom. The minimum atomic E-state index is 1.02. The second-order valence-corrected chi connectivity index (χ2v) is 2.20. The van der Waals surface area contributed by atoms with Crippen LogP contribution in [0, 0.1) is 0 Å². The van der Waals surface area contributed by atoms with Gasteiger partial charge in [0, 0.05) is 0 Å². The SMILES string of the molecule is CCCCc1cnncn1. The van der Waals surface area contributed by atoms with Crippen LogP contribution in [0.2, 0.25) is 0 Å². The third-order valence-electron chi connectivity index (χ3n) is 1.34. The molecule has 54 valence electrons. The molecule has 0 spiro atoms. The van der Waals surface area contributed by atoms with Gasteiger partial charge in [-0.2, -0.15) is 5.10 Å². The van der Waals surface area contributed by atoms with E-state index < -0.39 is 0 Å². The first-order valence-electron chi connectivity index (χ1n) is 3.55. The summed E-state index contributed by atoms with van der Waals surface area (Å²) in [5.41, 5.74) is 1.04. The number of nitrogens with zero attached hydrogens (tertiary/aromatic N) is 3. The fourth-order valence-electron chi connectivity index (χ4n) is 0.750. The van der Waals surface area contributed by atoms with Gasteiger partial charge in [0.05, 0.1) is 11.9 Å². The second-order valence-electron chi connectivity index (χ2n) is 2.20. The van der Waals surface area contributed by atoms with Crippen LogP contribution in [-0.4, -0.2) is 15.2 Å². The Balaban J connectivity index is 2.43. The van der Waals surface area contributed by atoms with Gasteiger partial charge in [0.25, 0.3) is 0 Å². The highest BCUT2D eigenvalue weighted by atomic mass is 15.1. The highest BCUT2D eigenvalue weighted by Gasteiger charge is 1.90. The molecule has 0 unspecified atom stereocenters. The second kappa shape index (κ2) is 3.93. The number of aromatic nitrogens is 3. The number of aryl methyl sites for hydroxylation is 1. The largest absolute Gasteiger partial charge is 0.238 e. The lowest BCUT2D eigenvalue weighted by atomic mass is 10.2. The summed E-state index contributed by atoms with van der Waals surface area (Å²) in [6, 6.07) is 0. The molecule has 3 heteroatoms. The van der Waals surface area contributed by atoms with Gasteiger partial charge in [-0.25, -0.2) is 4.98 Å². The Hall–Kier alpha value is -0.990. The Labute approximate surface area is 60.5 Å². The third-order valence-corrected chi connectivity index (χ3v) is 1.34. The third kappa shape index (κ3) is 2.09. The molecule has 0 bridgehead atoms. The summed E-state index contributed by atoms with van der Waals surface area (Å²) < 4.78 is 0. The minimum Gasteiger partial charge on any atom is -0.238 e. The van der Waals surface area contributed by atoms with Gasteiger partial charge in [-0.05, 0) is 12.8 Å². The molecular formula is C7H11N3. The molecule has 0 aromatic carbocycles. The van der Waals surface area contributed by atoms with E-state index in [1.54, 1.807) is 6.20 Å². The van der Waals surface area contributed by atoms with Crippen molar-refractivity contribution in [1.29, 1.82) is 0 Å². The quantitative estimate of drug-likeness (QED) is 0.628. The maximum atomic E-state index is 4.04. The van der Waals surface area contributed by atoms with Gasteiger partial charge in [-0.3, -0.25) is 0 Å². The van der Waals surface area contributed by atoms with Crippen molar-refractivity contribution >= 4 is 0 Å². The lowest BCUT2D eigenvalue weighted by Crippen LogP contribution is -1.91. The van der Waals surface area contributed by atoms with E-state index in [1.807, 2.05) is 0 Å². The number of hydrogen-bond acceptors (Lipinski definition) is 3. The van der Waals surface area contributed by atoms with Crippen molar-refractivity contribution in [3.8, 4) is 0 Å². The van der Waals surface area contributed by atoms with Crippen molar-refractivity contribution in [3.63, 3.8) is 0 Å². The molecule has 0 aliphatic rings. The summed E-state index contributed by atoms with van der Waals surface area (Å²) in [5, 5.41) is 7.32. The van der Waals surface area contributed by atoms with Crippen LogP contribution in [0.1, 0.15) is 25.5 Å². The first-order valence-corrected chi connectivity index (χ1v) is 3.55. The van der Waals surface area contributed by atoms with Gasteiger partial charge in [0.15, 0.2) is 0 Å². The van der Waals surface area contributed by atoms with Crippen LogP contribution in [0.4, 0.5) is 0 Å². The highest BCUT2D eigenvalue weighted by Crippen LogP contribution is 1.96. The van der Waals surface area contributed by atoms with Gasteiger partial charge in [0.1, 0.15) is 6.33 Å². The van der Waals surface area contributed by atoms with E-state index in [4.69, 9.17) is 0 Å². The van der Waals surface area contributed by atoms with Crippen LogP contribution in [0.25, 0.3) is 0 Å². The van der Waals surface area contributed by atoms with Gasteiger partial charge in [0.2, 0.25) is 0 Å². The van der Waals surface area contributed by atoms with Gasteiger partial charge in [-0.1, -0.05) is 13.3 Å². The van der Waals surface area contributed by atoms with Crippen LogP contribution in [0.15, 0.2) is 12.5 Å². The van der Waals surface area contributed by atoms with Gasteiger partial charge < -0.3 is 0 Å². The summed E-state index contributed by atoms with van der Waals surface area (Å²) in [6.45, 7) is 2.16. The zero-order valence-corrected chi connectivity index (χ0v) is 6.12. The molecule has 0 fully saturated rings. The van der Waals surface area contributed by atoms with Crippen molar-refractivity contribution in [1.82, 2.24) is 15.2 Å². The summed E-state index contributed by atoms with van der Waals surface area (Å²) in [6.07, 6.45) is 6.61. The van der Waals surface area contributed by atoms with Crippen molar-refractivity contribution < 1.29 is 0 Å². The Morgan fingerprint density at radius 3 is 2.90 bits per heavy atom. The number of hydrogen-bond donors (Lipinski definition) is 0. The van der Waals surface area contributed by atoms with E-state index >= 15 is 0 Å². The zero-order valence-electron chi connectivity index (χ0n) is 6.12. The first kappa shape index (κ1) is 7.12. The lowest BCUT2D eigenvalue weighted by molar-refractivity contribution is 0.760. The molecule has 0 amide bonds. The molecule has 0 saturated heterocycles. The summed E-state index contributed by atoms with van der Waals surface area (Å²) in [5.74, 6) is 0. The molecule has 1 aromatic heterocycles. The maximum absolute atomic E-state index is 4.04. The van der Waals surface area contributed by atoms with Crippen molar-refractivity contribution in [3.05, 3.63) is 18.2 Å². The van der Waals surface area contributed by atoms with Crippen molar-refractivity contribution in [2.75, 3.05) is 0 Å². The minimum absolute atomic E-state index is 1.02.